The van der Waals surface area contributed by atoms with Gasteiger partial charge in [-0.05, 0) is 63.4 Å². The lowest BCUT2D eigenvalue weighted by Crippen LogP contribution is -2.50. The molecule has 0 spiro atoms. The molecule has 2 aromatic heterocycles. The first-order valence-electron chi connectivity index (χ1n) is 9.76. The SMILES string of the molecule is Cc1cccc(C)c1CNc1cc(NC(=O)[C@H]2CCN2)cn2c(C)c(C)nc12.Cl. The third-order valence-corrected chi connectivity index (χ3v) is 5.70. The number of imidazole rings is 1. The van der Waals surface area contributed by atoms with Crippen LogP contribution in [0.1, 0.15) is 34.5 Å². The molecule has 6 nitrogen and oxygen atoms in total. The number of hydrogen-bond donors (Lipinski definition) is 3. The summed E-state index contributed by atoms with van der Waals surface area (Å²) in [5.74, 6) is 0.0146. The van der Waals surface area contributed by atoms with Crippen LogP contribution in [0.2, 0.25) is 0 Å². The molecule has 0 bridgehead atoms. The van der Waals surface area contributed by atoms with E-state index in [0.29, 0.717) is 6.54 Å². The van der Waals surface area contributed by atoms with Crippen molar-refractivity contribution in [3.05, 3.63) is 58.5 Å². The first-order chi connectivity index (χ1) is 13.4. The number of nitrogens with one attached hydrogen (secondary N) is 3. The minimum Gasteiger partial charge on any atom is -0.378 e. The van der Waals surface area contributed by atoms with Gasteiger partial charge >= 0.3 is 0 Å². The molecule has 1 fully saturated rings. The number of fused-ring (bicyclic) bond motifs is 1. The third-order valence-electron chi connectivity index (χ3n) is 5.70. The molecule has 1 amide bonds. The van der Waals surface area contributed by atoms with Gasteiger partial charge in [-0.15, -0.1) is 12.4 Å². The number of rotatable bonds is 5. The molecule has 29 heavy (non-hydrogen) atoms. The molecular formula is C22H28ClN5O. The fourth-order valence-electron chi connectivity index (χ4n) is 3.62. The molecule has 1 atom stereocenters. The van der Waals surface area contributed by atoms with Crippen LogP contribution in [0.3, 0.4) is 0 Å². The number of aromatic nitrogens is 2. The van der Waals surface area contributed by atoms with Gasteiger partial charge in [0, 0.05) is 18.4 Å². The Morgan fingerprint density at radius 2 is 1.93 bits per heavy atom. The molecular weight excluding hydrogens is 386 g/mol. The summed E-state index contributed by atoms with van der Waals surface area (Å²) >= 11 is 0. The molecule has 1 aromatic carbocycles. The summed E-state index contributed by atoms with van der Waals surface area (Å²) in [5.41, 5.74) is 8.44. The number of carbonyl (C=O) groups is 1. The van der Waals surface area contributed by atoms with Gasteiger partial charge in [-0.25, -0.2) is 4.98 Å². The van der Waals surface area contributed by atoms with E-state index in [9.17, 15) is 4.79 Å². The molecule has 0 saturated carbocycles. The molecule has 1 aliphatic heterocycles. The average Bonchev–Trinajstić information content (AvgIpc) is 2.88. The maximum atomic E-state index is 12.4. The van der Waals surface area contributed by atoms with Crippen molar-refractivity contribution in [1.29, 1.82) is 0 Å². The molecule has 3 heterocycles. The minimum absolute atomic E-state index is 0. The van der Waals surface area contributed by atoms with Crippen LogP contribution in [0, 0.1) is 27.7 Å². The van der Waals surface area contributed by atoms with Crippen LogP contribution in [-0.2, 0) is 11.3 Å². The van der Waals surface area contributed by atoms with Gasteiger partial charge in [0.15, 0.2) is 5.65 Å². The summed E-state index contributed by atoms with van der Waals surface area (Å²) < 4.78 is 2.05. The summed E-state index contributed by atoms with van der Waals surface area (Å²) in [6.07, 6.45) is 2.83. The van der Waals surface area contributed by atoms with Crippen LogP contribution in [0.4, 0.5) is 11.4 Å². The largest absolute Gasteiger partial charge is 0.378 e. The number of halogens is 1. The van der Waals surface area contributed by atoms with E-state index in [-0.39, 0.29) is 24.4 Å². The second-order valence-corrected chi connectivity index (χ2v) is 7.63. The average molecular weight is 414 g/mol. The van der Waals surface area contributed by atoms with Crippen molar-refractivity contribution in [1.82, 2.24) is 14.7 Å². The monoisotopic (exact) mass is 413 g/mol. The molecule has 1 saturated heterocycles. The third kappa shape index (κ3) is 4.09. The van der Waals surface area contributed by atoms with E-state index < -0.39 is 0 Å². The van der Waals surface area contributed by atoms with Gasteiger partial charge in [-0.2, -0.15) is 0 Å². The molecule has 3 aromatic rings. The Morgan fingerprint density at radius 1 is 1.24 bits per heavy atom. The molecule has 1 aliphatic rings. The van der Waals surface area contributed by atoms with Crippen molar-refractivity contribution in [2.75, 3.05) is 17.2 Å². The van der Waals surface area contributed by atoms with Gasteiger partial charge in [0.25, 0.3) is 0 Å². The zero-order valence-corrected chi connectivity index (χ0v) is 18.1. The van der Waals surface area contributed by atoms with Crippen molar-refractivity contribution in [2.45, 2.75) is 46.7 Å². The number of benzene rings is 1. The van der Waals surface area contributed by atoms with Crippen LogP contribution < -0.4 is 16.0 Å². The second kappa shape index (κ2) is 8.43. The van der Waals surface area contributed by atoms with E-state index in [1.165, 1.54) is 16.7 Å². The summed E-state index contributed by atoms with van der Waals surface area (Å²) in [6, 6.07) is 8.23. The summed E-state index contributed by atoms with van der Waals surface area (Å²) in [4.78, 5) is 17.1. The Balaban J connectivity index is 0.00000240. The van der Waals surface area contributed by atoms with Gasteiger partial charge < -0.3 is 20.4 Å². The highest BCUT2D eigenvalue weighted by atomic mass is 35.5. The summed E-state index contributed by atoms with van der Waals surface area (Å²) in [6.45, 7) is 9.93. The highest BCUT2D eigenvalue weighted by Crippen LogP contribution is 2.26. The molecule has 7 heteroatoms. The van der Waals surface area contributed by atoms with Crippen LogP contribution in [0.25, 0.3) is 5.65 Å². The molecule has 154 valence electrons. The molecule has 0 unspecified atom stereocenters. The lowest BCUT2D eigenvalue weighted by Gasteiger charge is -2.26. The lowest BCUT2D eigenvalue weighted by atomic mass is 10.0. The summed E-state index contributed by atoms with van der Waals surface area (Å²) in [7, 11) is 0. The van der Waals surface area contributed by atoms with Gasteiger partial charge in [0.05, 0.1) is 23.1 Å². The maximum Gasteiger partial charge on any atom is 0.241 e. The number of hydrogen-bond acceptors (Lipinski definition) is 4. The first-order valence-corrected chi connectivity index (χ1v) is 9.76. The Morgan fingerprint density at radius 3 is 2.55 bits per heavy atom. The predicted molar refractivity (Wildman–Crippen MR) is 120 cm³/mol. The van der Waals surface area contributed by atoms with Crippen molar-refractivity contribution in [2.24, 2.45) is 0 Å². The highest BCUT2D eigenvalue weighted by Gasteiger charge is 2.24. The van der Waals surface area contributed by atoms with Gasteiger partial charge in [-0.1, -0.05) is 18.2 Å². The number of nitrogens with zero attached hydrogens (tertiary/aromatic N) is 2. The smallest absolute Gasteiger partial charge is 0.241 e. The fourth-order valence-corrected chi connectivity index (χ4v) is 3.62. The predicted octanol–water partition coefficient (Wildman–Crippen LogP) is 3.90. The Bertz CT molecular complexity index is 1030. The van der Waals surface area contributed by atoms with Gasteiger partial charge in [0.2, 0.25) is 5.91 Å². The standard InChI is InChI=1S/C22H27N5O.ClH/c1-13-6-5-7-14(2)18(13)11-24-20-10-17(26-22(28)19-8-9-23-19)12-27-16(4)15(3)25-21(20)27;/h5-7,10,12,19,23-24H,8-9,11H2,1-4H3,(H,26,28);1H/t19-;/m1./s1. The first kappa shape index (κ1) is 21.1. The van der Waals surface area contributed by atoms with Crippen LogP contribution in [0.15, 0.2) is 30.5 Å². The van der Waals surface area contributed by atoms with Crippen molar-refractivity contribution in [3.8, 4) is 0 Å². The van der Waals surface area contributed by atoms with Crippen LogP contribution >= 0.6 is 12.4 Å². The molecule has 0 aliphatic carbocycles. The molecule has 3 N–H and O–H groups in total. The topological polar surface area (TPSA) is 70.5 Å². The molecule has 0 radical (unpaired) electrons. The zero-order valence-electron chi connectivity index (χ0n) is 17.3. The van der Waals surface area contributed by atoms with Gasteiger partial charge in [-0.3, -0.25) is 4.79 Å². The van der Waals surface area contributed by atoms with E-state index in [2.05, 4.69) is 48.0 Å². The van der Waals surface area contributed by atoms with Crippen LogP contribution in [-0.4, -0.2) is 27.9 Å². The van der Waals surface area contributed by atoms with E-state index in [1.807, 2.05) is 30.5 Å². The number of anilines is 2. The van der Waals surface area contributed by atoms with Crippen molar-refractivity contribution < 1.29 is 4.79 Å². The highest BCUT2D eigenvalue weighted by molar-refractivity contribution is 5.96. The minimum atomic E-state index is -0.0904. The quantitative estimate of drug-likeness (QED) is 0.593. The van der Waals surface area contributed by atoms with Crippen LogP contribution in [0.5, 0.6) is 0 Å². The Hall–Kier alpha value is -2.57. The lowest BCUT2D eigenvalue weighted by molar-refractivity contribution is -0.119. The van der Waals surface area contributed by atoms with Gasteiger partial charge in [0.1, 0.15) is 0 Å². The number of pyridine rings is 1. The van der Waals surface area contributed by atoms with E-state index in [1.54, 1.807) is 0 Å². The zero-order chi connectivity index (χ0) is 19.8. The normalized spacial score (nSPS) is 15.5. The van der Waals surface area contributed by atoms with E-state index in [0.717, 1.165) is 41.4 Å². The summed E-state index contributed by atoms with van der Waals surface area (Å²) in [5, 5.41) is 9.74. The number of carbonyl (C=O) groups excluding carboxylic acids is 1. The van der Waals surface area contributed by atoms with E-state index >= 15 is 0 Å². The second-order valence-electron chi connectivity index (χ2n) is 7.63. The van der Waals surface area contributed by atoms with Crippen molar-refractivity contribution >= 4 is 35.3 Å². The fraction of sp³-hybridized carbons (Fsp3) is 0.364. The van der Waals surface area contributed by atoms with Crippen molar-refractivity contribution in [3.63, 3.8) is 0 Å². The number of amides is 1. The van der Waals surface area contributed by atoms with E-state index in [4.69, 9.17) is 4.98 Å². The molecule has 4 rings (SSSR count). The Labute approximate surface area is 177 Å². The number of aryl methyl sites for hydroxylation is 4. The Kier molecular flexibility index (Phi) is 6.15. The maximum absolute atomic E-state index is 12.4.